The van der Waals surface area contributed by atoms with Crippen LogP contribution in [0.25, 0.3) is 87.0 Å². The summed E-state index contributed by atoms with van der Waals surface area (Å²) in [4.78, 5) is 63.1. The molecule has 16 rings (SSSR count). The fourth-order valence-electron chi connectivity index (χ4n) is 11.7. The number of rotatable bonds is 16. The lowest BCUT2D eigenvalue weighted by molar-refractivity contribution is 0.841. The average Bonchev–Trinajstić information content (AvgIpc) is 1.75. The molecule has 12 heterocycles. The maximum atomic E-state index is 7.35. The van der Waals surface area contributed by atoms with Crippen LogP contribution in [0, 0.1) is 26.3 Å². The highest BCUT2D eigenvalue weighted by molar-refractivity contribution is 6.30. The smallest absolute Gasteiger partial charge is 0.268 e. The number of hydrogen-bond acceptors (Lipinski definition) is 24. The van der Waals surface area contributed by atoms with Crippen LogP contribution in [0.15, 0.2) is 202 Å². The Balaban J connectivity index is 0.000000130. The summed E-state index contributed by atoms with van der Waals surface area (Å²) in [6, 6.07) is 46.1. The average molecular weight is 1530 g/mol. The van der Waals surface area contributed by atoms with Crippen molar-refractivity contribution < 1.29 is 0 Å². The van der Waals surface area contributed by atoms with Gasteiger partial charge in [-0.05, 0) is 52.0 Å². The van der Waals surface area contributed by atoms with Gasteiger partial charge in [-0.1, -0.05) is 156 Å². The van der Waals surface area contributed by atoms with Crippen molar-refractivity contribution in [1.82, 2.24) is 98.3 Å². The number of nitrogen functional groups attached to an aromatic ring is 4. The standard InChI is InChI=1S/3C19H15ClN8.C19H16N8/c3*1-11(26-19-17(22-2)18(21)24-10-25-19)13-8-15-23-9-14(20)28(15)27-16(13)12-6-4-3-5-7-12;1-12(25-19-17(21-2)18(20)23-11-24-19)14-10-15-22-8-9-27(15)26-16(14)13-6-4-3-5-7-13/h3*3-11H,1H3,(H3,21,24,25,26);3-12H,1H3,(H3,20,23,24,25)/t2*11-;;/m10../s1. The van der Waals surface area contributed by atoms with Crippen molar-refractivity contribution in [2.75, 3.05) is 44.2 Å². The molecule has 0 aliphatic rings. The molecular weight excluding hydrogens is 1470 g/mol. The molecule has 546 valence electrons. The number of fused-ring (bicyclic) bond motifs is 4. The normalized spacial score (nSPS) is 11.9. The second-order valence-corrected chi connectivity index (χ2v) is 25.4. The van der Waals surface area contributed by atoms with E-state index in [0.29, 0.717) is 55.7 Å². The molecule has 0 aliphatic carbocycles. The maximum absolute atomic E-state index is 7.35. The van der Waals surface area contributed by atoms with Gasteiger partial charge in [-0.3, -0.25) is 0 Å². The van der Waals surface area contributed by atoms with Gasteiger partial charge in [0.05, 0.1) is 91.8 Å². The van der Waals surface area contributed by atoms with Gasteiger partial charge in [-0.2, -0.15) is 20.4 Å². The van der Waals surface area contributed by atoms with Gasteiger partial charge in [-0.15, -0.1) is 0 Å². The number of nitrogens with two attached hydrogens (primary N) is 4. The molecule has 35 heteroatoms. The number of benzene rings is 4. The fraction of sp³-hybridized carbons (Fsp3) is 0.105. The Hall–Kier alpha value is -15.1. The highest BCUT2D eigenvalue weighted by Gasteiger charge is 2.25. The van der Waals surface area contributed by atoms with Crippen LogP contribution >= 0.6 is 34.8 Å². The van der Waals surface area contributed by atoms with E-state index in [-0.39, 0.29) is 70.2 Å². The quantitative estimate of drug-likeness (QED) is 0.0417. The Morgan fingerprint density at radius 3 is 0.847 bits per heavy atom. The minimum Gasteiger partial charge on any atom is -0.392 e. The SMILES string of the molecule is [C-]#[N+]c1c(N)ncnc1NC(C)c1cc2ncc(Cl)n2nc1-c1ccccc1.[C-]#[N+]c1c(N)ncnc1NC(C)c1cc2nccn2nc1-c1ccccc1.[C-]#[N+]c1c(N)ncnc1N[C@@H](C)c1cc2ncc(Cl)n2nc1-c1ccccc1.[C-]#[N+]c1c(N)ncnc1N[C@H](C)c1cc2ncc(Cl)n2nc1-c1ccccc1. The van der Waals surface area contributed by atoms with E-state index >= 15 is 0 Å². The Morgan fingerprint density at radius 1 is 0.333 bits per heavy atom. The minimum absolute atomic E-state index is 0.136. The molecule has 0 bridgehead atoms. The highest BCUT2D eigenvalue weighted by Crippen LogP contribution is 2.39. The number of anilines is 8. The number of imidazole rings is 4. The zero-order valence-electron chi connectivity index (χ0n) is 59.0. The van der Waals surface area contributed by atoms with Gasteiger partial charge < -0.3 is 44.2 Å². The molecule has 0 spiro atoms. The zero-order chi connectivity index (χ0) is 77.8. The summed E-state index contributed by atoms with van der Waals surface area (Å²) in [6.07, 6.45) is 13.5. The molecule has 0 saturated heterocycles. The van der Waals surface area contributed by atoms with Gasteiger partial charge in [0.15, 0.2) is 38.0 Å². The molecule has 12 N–H and O–H groups in total. The van der Waals surface area contributed by atoms with E-state index in [1.54, 1.807) is 42.8 Å². The molecule has 32 nitrogen and oxygen atoms in total. The van der Waals surface area contributed by atoms with Crippen LogP contribution in [0.5, 0.6) is 0 Å². The van der Waals surface area contributed by atoms with Crippen LogP contribution in [0.4, 0.5) is 69.3 Å². The molecule has 2 unspecified atom stereocenters. The number of nitrogens with zero attached hydrogens (tertiary/aromatic N) is 24. The van der Waals surface area contributed by atoms with Crippen LogP contribution in [-0.4, -0.2) is 98.3 Å². The molecule has 0 fully saturated rings. The second-order valence-electron chi connectivity index (χ2n) is 24.3. The lowest BCUT2D eigenvalue weighted by atomic mass is 10.0. The summed E-state index contributed by atoms with van der Waals surface area (Å²) in [5.41, 5.74) is 37.0. The number of hydrogen-bond donors (Lipinski definition) is 8. The molecule has 0 radical (unpaired) electrons. The Labute approximate surface area is 647 Å². The van der Waals surface area contributed by atoms with E-state index in [2.05, 4.69) is 100 Å². The van der Waals surface area contributed by atoms with Crippen molar-refractivity contribution in [3.05, 3.63) is 285 Å². The molecule has 0 amide bonds. The monoisotopic (exact) mass is 1530 g/mol. The number of aromatic nitrogens is 20. The van der Waals surface area contributed by atoms with E-state index < -0.39 is 0 Å². The minimum atomic E-state index is -0.238. The van der Waals surface area contributed by atoms with Gasteiger partial charge in [-0.25, -0.2) is 97.2 Å². The largest absolute Gasteiger partial charge is 0.392 e. The van der Waals surface area contributed by atoms with Crippen LogP contribution in [0.1, 0.15) is 74.1 Å². The van der Waals surface area contributed by atoms with Crippen LogP contribution in [0.2, 0.25) is 15.5 Å². The molecule has 16 aromatic rings. The molecule has 4 aromatic carbocycles. The number of halogens is 3. The third kappa shape index (κ3) is 16.1. The van der Waals surface area contributed by atoms with E-state index in [1.807, 2.05) is 179 Å². The summed E-state index contributed by atoms with van der Waals surface area (Å²) >= 11 is 18.6. The lowest BCUT2D eigenvalue weighted by Crippen LogP contribution is -2.12. The maximum Gasteiger partial charge on any atom is 0.268 e. The Morgan fingerprint density at radius 2 is 0.586 bits per heavy atom. The topological polar surface area (TPSA) is 394 Å². The first kappa shape index (κ1) is 74.2. The van der Waals surface area contributed by atoms with Crippen molar-refractivity contribution >= 4 is 127 Å². The van der Waals surface area contributed by atoms with Crippen LogP contribution in [0.3, 0.4) is 0 Å². The van der Waals surface area contributed by atoms with Crippen molar-refractivity contribution in [2.24, 2.45) is 0 Å². The van der Waals surface area contributed by atoms with Crippen LogP contribution < -0.4 is 44.2 Å². The highest BCUT2D eigenvalue weighted by atomic mass is 35.5. The third-order valence-electron chi connectivity index (χ3n) is 17.2. The second kappa shape index (κ2) is 33.1. The Bertz CT molecular complexity index is 5790. The molecule has 12 aromatic heterocycles. The van der Waals surface area contributed by atoms with E-state index in [9.17, 15) is 0 Å². The van der Waals surface area contributed by atoms with Gasteiger partial charge in [0, 0.05) is 56.9 Å². The van der Waals surface area contributed by atoms with Gasteiger partial charge in [0.2, 0.25) is 0 Å². The molecule has 0 aliphatic heterocycles. The van der Waals surface area contributed by atoms with Gasteiger partial charge in [0.1, 0.15) is 71.9 Å². The van der Waals surface area contributed by atoms with Crippen molar-refractivity contribution in [3.8, 4) is 45.0 Å². The molecule has 0 saturated carbocycles. The first-order chi connectivity index (χ1) is 53.9. The number of nitrogens with one attached hydrogen (secondary N) is 4. The van der Waals surface area contributed by atoms with Crippen LogP contribution in [-0.2, 0) is 0 Å². The van der Waals surface area contributed by atoms with Crippen molar-refractivity contribution in [2.45, 2.75) is 51.9 Å². The summed E-state index contributed by atoms with van der Waals surface area (Å²) < 4.78 is 6.51. The molecular formula is C76H61Cl3N32. The Kier molecular flexibility index (Phi) is 22.2. The zero-order valence-corrected chi connectivity index (χ0v) is 61.3. The molecule has 4 atom stereocenters. The predicted octanol–water partition coefficient (Wildman–Crippen LogP) is 15.9. The van der Waals surface area contributed by atoms with E-state index in [4.69, 9.17) is 104 Å². The third-order valence-corrected chi connectivity index (χ3v) is 17.9. The fourth-order valence-corrected chi connectivity index (χ4v) is 12.3. The predicted molar refractivity (Wildman–Crippen MR) is 428 cm³/mol. The first-order valence-electron chi connectivity index (χ1n) is 33.6. The van der Waals surface area contributed by atoms with Gasteiger partial charge >= 0.3 is 0 Å². The van der Waals surface area contributed by atoms with Crippen molar-refractivity contribution in [1.29, 1.82) is 0 Å². The van der Waals surface area contributed by atoms with E-state index in [1.165, 1.54) is 25.3 Å². The summed E-state index contributed by atoms with van der Waals surface area (Å²) in [5.74, 6) is 2.07. The molecule has 111 heavy (non-hydrogen) atoms. The van der Waals surface area contributed by atoms with Gasteiger partial charge in [0.25, 0.3) is 22.7 Å². The summed E-state index contributed by atoms with van der Waals surface area (Å²) in [7, 11) is 0. The van der Waals surface area contributed by atoms with Crippen molar-refractivity contribution in [3.63, 3.8) is 0 Å². The lowest BCUT2D eigenvalue weighted by Gasteiger charge is -2.19. The summed E-state index contributed by atoms with van der Waals surface area (Å²) in [5, 5.41) is 33.1. The van der Waals surface area contributed by atoms with E-state index in [0.717, 1.165) is 72.9 Å². The first-order valence-corrected chi connectivity index (χ1v) is 34.7. The summed E-state index contributed by atoms with van der Waals surface area (Å²) in [6.45, 7) is 37.2.